The van der Waals surface area contributed by atoms with Crippen molar-refractivity contribution in [1.82, 2.24) is 10.2 Å². The van der Waals surface area contributed by atoms with Gasteiger partial charge in [0.15, 0.2) is 0 Å². The van der Waals surface area contributed by atoms with Gasteiger partial charge in [0, 0.05) is 6.04 Å². The van der Waals surface area contributed by atoms with Crippen molar-refractivity contribution in [2.24, 2.45) is 5.41 Å². The lowest BCUT2D eigenvalue weighted by molar-refractivity contribution is -0.149. The van der Waals surface area contributed by atoms with Crippen molar-refractivity contribution < 1.29 is 9.59 Å². The minimum absolute atomic E-state index is 0.0467. The molecule has 0 aromatic rings. The third-order valence-electron chi connectivity index (χ3n) is 3.43. The highest BCUT2D eigenvalue weighted by atomic mass is 32.2. The number of thioether (sulfide) groups is 1. The molecule has 0 bridgehead atoms. The summed E-state index contributed by atoms with van der Waals surface area (Å²) in [6, 6.07) is -0.280. The van der Waals surface area contributed by atoms with Crippen LogP contribution in [-0.2, 0) is 9.59 Å². The third kappa shape index (κ3) is 4.41. The van der Waals surface area contributed by atoms with E-state index in [-0.39, 0.29) is 29.8 Å². The van der Waals surface area contributed by atoms with Crippen molar-refractivity contribution in [3.8, 4) is 0 Å². The first-order valence-corrected chi connectivity index (χ1v) is 8.10. The molecule has 1 fully saturated rings. The molecule has 0 radical (unpaired) electrons. The molecule has 1 aliphatic rings. The van der Waals surface area contributed by atoms with Gasteiger partial charge < -0.3 is 10.2 Å². The Morgan fingerprint density at radius 3 is 2.58 bits per heavy atom. The molecule has 110 valence electrons. The first-order chi connectivity index (χ1) is 8.77. The highest BCUT2D eigenvalue weighted by molar-refractivity contribution is 7.99. The standard InChI is InChI=1S/C14H26N2O2S/c1-6-19-8-7-10(2)16-9-11(17)15-12(13(16)18)14(3,4)5/h10,12H,6-9H2,1-5H3,(H,15,17). The molecule has 1 aliphatic heterocycles. The van der Waals surface area contributed by atoms with E-state index in [1.54, 1.807) is 4.90 Å². The van der Waals surface area contributed by atoms with E-state index in [4.69, 9.17) is 0 Å². The number of hydrogen-bond donors (Lipinski definition) is 1. The van der Waals surface area contributed by atoms with Gasteiger partial charge in [0.1, 0.15) is 6.04 Å². The van der Waals surface area contributed by atoms with Crippen LogP contribution in [0, 0.1) is 5.41 Å². The zero-order chi connectivity index (χ0) is 14.6. The van der Waals surface area contributed by atoms with Crippen LogP contribution in [0.4, 0.5) is 0 Å². The van der Waals surface area contributed by atoms with Gasteiger partial charge in [0.2, 0.25) is 11.8 Å². The summed E-state index contributed by atoms with van der Waals surface area (Å²) < 4.78 is 0. The number of hydrogen-bond acceptors (Lipinski definition) is 3. The van der Waals surface area contributed by atoms with Crippen LogP contribution in [0.3, 0.4) is 0 Å². The van der Waals surface area contributed by atoms with Crippen LogP contribution in [-0.4, -0.2) is 46.8 Å². The van der Waals surface area contributed by atoms with E-state index in [1.165, 1.54) is 0 Å². The number of nitrogens with one attached hydrogen (secondary N) is 1. The fourth-order valence-electron chi connectivity index (χ4n) is 2.18. The van der Waals surface area contributed by atoms with Crippen LogP contribution in [0.5, 0.6) is 0 Å². The Hall–Kier alpha value is -0.710. The predicted octanol–water partition coefficient (Wildman–Crippen LogP) is 1.89. The SMILES string of the molecule is CCSCCC(C)N1CC(=O)NC(C(C)(C)C)C1=O. The monoisotopic (exact) mass is 286 g/mol. The summed E-state index contributed by atoms with van der Waals surface area (Å²) in [6.45, 7) is 10.3. The van der Waals surface area contributed by atoms with Gasteiger partial charge in [-0.05, 0) is 30.3 Å². The average Bonchev–Trinajstić information content (AvgIpc) is 2.30. The molecule has 1 N–H and O–H groups in total. The Balaban J connectivity index is 2.71. The van der Waals surface area contributed by atoms with Gasteiger partial charge in [-0.2, -0.15) is 11.8 Å². The molecule has 0 saturated carbocycles. The lowest BCUT2D eigenvalue weighted by atomic mass is 9.84. The van der Waals surface area contributed by atoms with Gasteiger partial charge in [-0.3, -0.25) is 9.59 Å². The quantitative estimate of drug-likeness (QED) is 0.785. The summed E-state index contributed by atoms with van der Waals surface area (Å²) in [7, 11) is 0. The van der Waals surface area contributed by atoms with Crippen molar-refractivity contribution in [3.63, 3.8) is 0 Å². The van der Waals surface area contributed by atoms with Gasteiger partial charge in [-0.25, -0.2) is 0 Å². The predicted molar refractivity (Wildman–Crippen MR) is 80.2 cm³/mol. The maximum Gasteiger partial charge on any atom is 0.246 e. The van der Waals surface area contributed by atoms with E-state index in [2.05, 4.69) is 12.2 Å². The molecule has 1 heterocycles. The van der Waals surface area contributed by atoms with E-state index in [9.17, 15) is 9.59 Å². The molecule has 4 nitrogen and oxygen atoms in total. The van der Waals surface area contributed by atoms with Gasteiger partial charge in [-0.1, -0.05) is 27.7 Å². The second-order valence-electron chi connectivity index (χ2n) is 6.17. The van der Waals surface area contributed by atoms with Crippen LogP contribution in [0.2, 0.25) is 0 Å². The minimum Gasteiger partial charge on any atom is -0.342 e. The zero-order valence-electron chi connectivity index (χ0n) is 12.7. The summed E-state index contributed by atoms with van der Waals surface area (Å²) in [5.41, 5.74) is -0.247. The number of rotatable bonds is 5. The smallest absolute Gasteiger partial charge is 0.246 e. The second-order valence-corrected chi connectivity index (χ2v) is 7.56. The van der Waals surface area contributed by atoms with Gasteiger partial charge in [0.25, 0.3) is 0 Å². The van der Waals surface area contributed by atoms with Crippen molar-refractivity contribution in [2.45, 2.75) is 53.1 Å². The highest BCUT2D eigenvalue weighted by Gasteiger charge is 2.41. The first kappa shape index (κ1) is 16.3. The molecule has 2 amide bonds. The Morgan fingerprint density at radius 1 is 1.42 bits per heavy atom. The summed E-state index contributed by atoms with van der Waals surface area (Å²) in [6.07, 6.45) is 0.939. The molecule has 19 heavy (non-hydrogen) atoms. The van der Waals surface area contributed by atoms with E-state index in [0.717, 1.165) is 17.9 Å². The third-order valence-corrected chi connectivity index (χ3v) is 4.36. The molecule has 2 unspecified atom stereocenters. The molecule has 1 rings (SSSR count). The van der Waals surface area contributed by atoms with Crippen LogP contribution in [0.15, 0.2) is 0 Å². The van der Waals surface area contributed by atoms with Gasteiger partial charge in [-0.15, -0.1) is 0 Å². The summed E-state index contributed by atoms with van der Waals surface area (Å²) in [5.74, 6) is 2.13. The molecule has 0 aromatic carbocycles. The Labute approximate surface area is 120 Å². The normalized spacial score (nSPS) is 22.4. The number of nitrogens with zero attached hydrogens (tertiary/aromatic N) is 1. The van der Waals surface area contributed by atoms with E-state index in [0.29, 0.717) is 0 Å². The van der Waals surface area contributed by atoms with Crippen molar-refractivity contribution in [1.29, 1.82) is 0 Å². The molecule has 0 aromatic heterocycles. The number of carbonyl (C=O) groups is 2. The van der Waals surface area contributed by atoms with Crippen LogP contribution in [0.25, 0.3) is 0 Å². The molecule has 2 atom stereocenters. The van der Waals surface area contributed by atoms with Crippen LogP contribution in [0.1, 0.15) is 41.0 Å². The zero-order valence-corrected chi connectivity index (χ0v) is 13.5. The Kier molecular flexibility index (Phi) is 5.71. The molecular weight excluding hydrogens is 260 g/mol. The maximum absolute atomic E-state index is 12.5. The lowest BCUT2D eigenvalue weighted by Crippen LogP contribution is -2.63. The van der Waals surface area contributed by atoms with Crippen molar-refractivity contribution >= 4 is 23.6 Å². The second kappa shape index (κ2) is 6.64. The Bertz CT molecular complexity index is 339. The number of amides is 2. The van der Waals surface area contributed by atoms with Crippen LogP contribution >= 0.6 is 11.8 Å². The van der Waals surface area contributed by atoms with Crippen molar-refractivity contribution in [2.75, 3.05) is 18.1 Å². The topological polar surface area (TPSA) is 49.4 Å². The summed E-state index contributed by atoms with van der Waals surface area (Å²) in [4.78, 5) is 26.0. The number of carbonyl (C=O) groups excluding carboxylic acids is 2. The van der Waals surface area contributed by atoms with E-state index >= 15 is 0 Å². The van der Waals surface area contributed by atoms with E-state index in [1.807, 2.05) is 39.5 Å². The highest BCUT2D eigenvalue weighted by Crippen LogP contribution is 2.24. The van der Waals surface area contributed by atoms with Crippen molar-refractivity contribution in [3.05, 3.63) is 0 Å². The summed E-state index contributed by atoms with van der Waals surface area (Å²) in [5, 5.41) is 2.82. The average molecular weight is 286 g/mol. The molecule has 0 aliphatic carbocycles. The minimum atomic E-state index is -0.407. The molecule has 1 saturated heterocycles. The van der Waals surface area contributed by atoms with Crippen LogP contribution < -0.4 is 5.32 Å². The van der Waals surface area contributed by atoms with E-state index < -0.39 is 6.04 Å². The fourth-order valence-corrected chi connectivity index (χ4v) is 2.98. The molecule has 0 spiro atoms. The Morgan fingerprint density at radius 2 is 2.05 bits per heavy atom. The fraction of sp³-hybridized carbons (Fsp3) is 0.857. The maximum atomic E-state index is 12.5. The lowest BCUT2D eigenvalue weighted by Gasteiger charge is -2.41. The molecular formula is C14H26N2O2S. The largest absolute Gasteiger partial charge is 0.342 e. The molecule has 5 heteroatoms. The number of piperazine rings is 1. The van der Waals surface area contributed by atoms with Gasteiger partial charge >= 0.3 is 0 Å². The van der Waals surface area contributed by atoms with Gasteiger partial charge in [0.05, 0.1) is 6.54 Å². The first-order valence-electron chi connectivity index (χ1n) is 6.95. The summed E-state index contributed by atoms with van der Waals surface area (Å²) >= 11 is 1.87.